The van der Waals surface area contributed by atoms with E-state index in [0.29, 0.717) is 0 Å². The summed E-state index contributed by atoms with van der Waals surface area (Å²) >= 11 is 1.75. The second-order valence-electron chi connectivity index (χ2n) is 4.55. The molecule has 19 heavy (non-hydrogen) atoms. The zero-order chi connectivity index (χ0) is 13.5. The molecule has 98 valence electrons. The Bertz CT molecular complexity index is 520. The molecule has 0 amide bonds. The minimum absolute atomic E-state index is 0.745. The van der Waals surface area contributed by atoms with Crippen molar-refractivity contribution in [3.8, 4) is 0 Å². The molecule has 1 N–H and O–H groups in total. The van der Waals surface area contributed by atoms with Crippen LogP contribution in [0.1, 0.15) is 24.5 Å². The Kier molecular flexibility index (Phi) is 5.16. The molecule has 0 spiro atoms. The maximum Gasteiger partial charge on any atom is 0.0963 e. The highest BCUT2D eigenvalue weighted by Crippen LogP contribution is 2.20. The highest BCUT2D eigenvalue weighted by Gasteiger charge is 1.98. The van der Waals surface area contributed by atoms with Crippen molar-refractivity contribution < 1.29 is 0 Å². The lowest BCUT2D eigenvalue weighted by molar-refractivity contribution is 1.02. The molecule has 1 aromatic heterocycles. The number of pyridine rings is 1. The SMILES string of the molecule is CC(=N)CCc1ccc(CSc2ccccn2)cc1. The summed E-state index contributed by atoms with van der Waals surface area (Å²) in [7, 11) is 0. The molecule has 0 aliphatic heterocycles. The molecule has 1 heterocycles. The van der Waals surface area contributed by atoms with Crippen molar-refractivity contribution in [3.05, 3.63) is 59.8 Å². The van der Waals surface area contributed by atoms with Gasteiger partial charge in [0.2, 0.25) is 0 Å². The first-order valence-corrected chi connectivity index (χ1v) is 7.38. The Morgan fingerprint density at radius 1 is 1.11 bits per heavy atom. The van der Waals surface area contributed by atoms with Gasteiger partial charge in [-0.15, -0.1) is 11.8 Å². The quantitative estimate of drug-likeness (QED) is 0.626. The molecule has 1 aromatic carbocycles. The van der Waals surface area contributed by atoms with Crippen LogP contribution in [0, 0.1) is 5.41 Å². The van der Waals surface area contributed by atoms with Crippen molar-refractivity contribution in [2.45, 2.75) is 30.5 Å². The summed E-state index contributed by atoms with van der Waals surface area (Å²) in [6.45, 7) is 1.86. The first-order valence-electron chi connectivity index (χ1n) is 6.40. The van der Waals surface area contributed by atoms with Crippen molar-refractivity contribution in [2.75, 3.05) is 0 Å². The molecule has 3 heteroatoms. The zero-order valence-electron chi connectivity index (χ0n) is 11.1. The predicted molar refractivity (Wildman–Crippen MR) is 82.0 cm³/mol. The highest BCUT2D eigenvalue weighted by atomic mass is 32.2. The maximum atomic E-state index is 7.44. The van der Waals surface area contributed by atoms with Crippen molar-refractivity contribution in [2.24, 2.45) is 0 Å². The fraction of sp³-hybridized carbons (Fsp3) is 0.250. The molecule has 0 unspecified atom stereocenters. The molecule has 0 saturated carbocycles. The van der Waals surface area contributed by atoms with Crippen LogP contribution in [0.3, 0.4) is 0 Å². The average molecular weight is 270 g/mol. The Hall–Kier alpha value is -1.61. The Morgan fingerprint density at radius 3 is 2.47 bits per heavy atom. The van der Waals surface area contributed by atoms with Gasteiger partial charge in [-0.1, -0.05) is 30.3 Å². The van der Waals surface area contributed by atoms with Crippen LogP contribution in [-0.4, -0.2) is 10.7 Å². The van der Waals surface area contributed by atoms with Crippen molar-refractivity contribution in [1.29, 1.82) is 5.41 Å². The number of benzene rings is 1. The third-order valence-corrected chi connectivity index (χ3v) is 3.85. The molecule has 0 bridgehead atoms. The minimum atomic E-state index is 0.745. The topological polar surface area (TPSA) is 36.7 Å². The summed E-state index contributed by atoms with van der Waals surface area (Å²) in [4.78, 5) is 4.30. The van der Waals surface area contributed by atoms with Gasteiger partial charge in [-0.05, 0) is 43.0 Å². The fourth-order valence-electron chi connectivity index (χ4n) is 1.72. The Labute approximate surface area is 118 Å². The van der Waals surface area contributed by atoms with E-state index in [2.05, 4.69) is 29.2 Å². The molecular formula is C16H18N2S. The van der Waals surface area contributed by atoms with Crippen LogP contribution in [-0.2, 0) is 12.2 Å². The first kappa shape index (κ1) is 13.8. The van der Waals surface area contributed by atoms with Crippen LogP contribution in [0.15, 0.2) is 53.7 Å². The van der Waals surface area contributed by atoms with E-state index in [4.69, 9.17) is 5.41 Å². The zero-order valence-corrected chi connectivity index (χ0v) is 11.9. The summed E-state index contributed by atoms with van der Waals surface area (Å²) in [6.07, 6.45) is 3.64. The third kappa shape index (κ3) is 4.87. The number of rotatable bonds is 6. The monoisotopic (exact) mass is 270 g/mol. The average Bonchev–Trinajstić information content (AvgIpc) is 2.45. The minimum Gasteiger partial charge on any atom is -0.310 e. The Morgan fingerprint density at radius 2 is 1.84 bits per heavy atom. The summed E-state index contributed by atoms with van der Waals surface area (Å²) < 4.78 is 0. The highest BCUT2D eigenvalue weighted by molar-refractivity contribution is 7.98. The van der Waals surface area contributed by atoms with Crippen molar-refractivity contribution in [3.63, 3.8) is 0 Å². The van der Waals surface area contributed by atoms with Gasteiger partial charge in [0.1, 0.15) is 0 Å². The molecule has 0 radical (unpaired) electrons. The number of aromatic nitrogens is 1. The molecule has 0 aliphatic rings. The van der Waals surface area contributed by atoms with E-state index in [9.17, 15) is 0 Å². The molecule has 0 fully saturated rings. The van der Waals surface area contributed by atoms with E-state index in [1.54, 1.807) is 11.8 Å². The first-order chi connectivity index (χ1) is 9.24. The smallest absolute Gasteiger partial charge is 0.0963 e. The fourth-order valence-corrected chi connectivity index (χ4v) is 2.54. The van der Waals surface area contributed by atoms with Gasteiger partial charge in [0.05, 0.1) is 5.03 Å². The molecule has 0 saturated heterocycles. The maximum absolute atomic E-state index is 7.44. The van der Waals surface area contributed by atoms with E-state index in [-0.39, 0.29) is 0 Å². The number of nitrogens with one attached hydrogen (secondary N) is 1. The van der Waals surface area contributed by atoms with Crippen LogP contribution >= 0.6 is 11.8 Å². The van der Waals surface area contributed by atoms with Gasteiger partial charge in [0.15, 0.2) is 0 Å². The van der Waals surface area contributed by atoms with Gasteiger partial charge < -0.3 is 5.41 Å². The summed E-state index contributed by atoms with van der Waals surface area (Å²) in [6, 6.07) is 14.7. The van der Waals surface area contributed by atoms with Gasteiger partial charge in [-0.3, -0.25) is 0 Å². The summed E-state index contributed by atoms with van der Waals surface area (Å²) in [5.74, 6) is 0.945. The second-order valence-corrected chi connectivity index (χ2v) is 5.55. The van der Waals surface area contributed by atoms with Gasteiger partial charge in [-0.25, -0.2) is 4.98 Å². The third-order valence-electron chi connectivity index (χ3n) is 2.84. The van der Waals surface area contributed by atoms with Crippen LogP contribution in [0.2, 0.25) is 0 Å². The lowest BCUT2D eigenvalue weighted by Crippen LogP contribution is -1.93. The van der Waals surface area contributed by atoms with Gasteiger partial charge in [0, 0.05) is 17.7 Å². The molecule has 0 atom stereocenters. The van der Waals surface area contributed by atoms with Crippen molar-refractivity contribution >= 4 is 17.5 Å². The van der Waals surface area contributed by atoms with Gasteiger partial charge in [0.25, 0.3) is 0 Å². The Balaban J connectivity index is 1.86. The molecular weight excluding hydrogens is 252 g/mol. The van der Waals surface area contributed by atoms with Crippen molar-refractivity contribution in [1.82, 2.24) is 4.98 Å². The second kappa shape index (κ2) is 7.10. The molecule has 2 aromatic rings. The number of thioether (sulfide) groups is 1. The van der Waals surface area contributed by atoms with Crippen LogP contribution in [0.5, 0.6) is 0 Å². The number of hydrogen-bond acceptors (Lipinski definition) is 3. The molecule has 2 rings (SSSR count). The lowest BCUT2D eigenvalue weighted by Gasteiger charge is -2.04. The number of nitrogens with zero attached hydrogens (tertiary/aromatic N) is 1. The van der Waals surface area contributed by atoms with Crippen LogP contribution in [0.4, 0.5) is 0 Å². The van der Waals surface area contributed by atoms with Crippen LogP contribution < -0.4 is 0 Å². The van der Waals surface area contributed by atoms with E-state index in [0.717, 1.165) is 29.3 Å². The largest absolute Gasteiger partial charge is 0.310 e. The van der Waals surface area contributed by atoms with E-state index in [1.165, 1.54) is 11.1 Å². The van der Waals surface area contributed by atoms with E-state index < -0.39 is 0 Å². The molecule has 0 aliphatic carbocycles. The lowest BCUT2D eigenvalue weighted by atomic mass is 10.1. The summed E-state index contributed by atoms with van der Waals surface area (Å²) in [5.41, 5.74) is 3.36. The normalized spacial score (nSPS) is 10.4. The van der Waals surface area contributed by atoms with Gasteiger partial charge in [-0.2, -0.15) is 0 Å². The van der Waals surface area contributed by atoms with Gasteiger partial charge >= 0.3 is 0 Å². The van der Waals surface area contributed by atoms with E-state index in [1.807, 2.05) is 31.3 Å². The standard InChI is InChI=1S/C16H18N2S/c1-13(17)5-6-14-7-9-15(10-8-14)12-19-16-4-2-3-11-18-16/h2-4,7-11,17H,5-6,12H2,1H3. The van der Waals surface area contributed by atoms with Crippen LogP contribution in [0.25, 0.3) is 0 Å². The number of hydrogen-bond donors (Lipinski definition) is 1. The number of aryl methyl sites for hydroxylation is 1. The predicted octanol–water partition coefficient (Wildman–Crippen LogP) is 4.35. The molecule has 2 nitrogen and oxygen atoms in total. The van der Waals surface area contributed by atoms with E-state index >= 15 is 0 Å². The summed E-state index contributed by atoms with van der Waals surface area (Å²) in [5, 5.41) is 8.50.